The number of ether oxygens (including phenoxy) is 1. The highest BCUT2D eigenvalue weighted by atomic mass is 19.1. The number of fused-ring (bicyclic) bond motifs is 1. The van der Waals surface area contributed by atoms with E-state index in [9.17, 15) is 14.0 Å². The Balaban J connectivity index is 1.75. The second-order valence-electron chi connectivity index (χ2n) is 8.21. The summed E-state index contributed by atoms with van der Waals surface area (Å²) in [6.07, 6.45) is 1.10. The molecule has 1 aliphatic rings. The van der Waals surface area contributed by atoms with E-state index < -0.39 is 5.60 Å². The fourth-order valence-electron chi connectivity index (χ4n) is 3.41. The number of anilines is 1. The molecule has 0 fully saturated rings. The molecule has 0 aliphatic carbocycles. The average molecular weight is 398 g/mol. The van der Waals surface area contributed by atoms with Crippen LogP contribution in [0.2, 0.25) is 0 Å². The Morgan fingerprint density at radius 1 is 1.17 bits per heavy atom. The van der Waals surface area contributed by atoms with Crippen molar-refractivity contribution in [2.75, 3.05) is 11.4 Å². The molecule has 1 unspecified atom stereocenters. The lowest BCUT2D eigenvalue weighted by atomic mass is 10.00. The van der Waals surface area contributed by atoms with Gasteiger partial charge in [-0.3, -0.25) is 9.69 Å². The van der Waals surface area contributed by atoms with E-state index in [0.717, 1.165) is 23.2 Å². The van der Waals surface area contributed by atoms with Gasteiger partial charge < -0.3 is 10.1 Å². The number of amides is 2. The molecule has 29 heavy (non-hydrogen) atoms. The maximum absolute atomic E-state index is 13.1. The van der Waals surface area contributed by atoms with E-state index in [2.05, 4.69) is 5.32 Å². The first kappa shape index (κ1) is 20.8. The van der Waals surface area contributed by atoms with Crippen LogP contribution < -0.4 is 10.2 Å². The van der Waals surface area contributed by atoms with Crippen molar-refractivity contribution in [3.8, 4) is 0 Å². The van der Waals surface area contributed by atoms with Gasteiger partial charge in [-0.25, -0.2) is 9.18 Å². The van der Waals surface area contributed by atoms with E-state index in [4.69, 9.17) is 4.74 Å². The van der Waals surface area contributed by atoms with Crippen LogP contribution in [0.1, 0.15) is 61.6 Å². The molecular weight excluding hydrogens is 371 g/mol. The maximum atomic E-state index is 13.1. The summed E-state index contributed by atoms with van der Waals surface area (Å²) >= 11 is 0. The molecule has 0 radical (unpaired) electrons. The molecule has 3 rings (SSSR count). The monoisotopic (exact) mass is 398 g/mol. The highest BCUT2D eigenvalue weighted by Gasteiger charge is 2.29. The summed E-state index contributed by atoms with van der Waals surface area (Å²) in [6, 6.07) is 11.2. The number of benzene rings is 2. The van der Waals surface area contributed by atoms with Gasteiger partial charge in [0.1, 0.15) is 11.4 Å². The van der Waals surface area contributed by atoms with Crippen LogP contribution >= 0.6 is 0 Å². The minimum absolute atomic E-state index is 0.173. The number of hydrogen-bond acceptors (Lipinski definition) is 3. The Labute approximate surface area is 170 Å². The van der Waals surface area contributed by atoms with E-state index in [0.29, 0.717) is 18.5 Å². The third-order valence-electron chi connectivity index (χ3n) is 4.84. The van der Waals surface area contributed by atoms with Gasteiger partial charge in [0, 0.05) is 12.1 Å². The van der Waals surface area contributed by atoms with Crippen molar-refractivity contribution in [2.45, 2.75) is 52.2 Å². The first-order chi connectivity index (χ1) is 13.7. The highest BCUT2D eigenvalue weighted by molar-refractivity contribution is 5.94. The van der Waals surface area contributed by atoms with Crippen molar-refractivity contribution >= 4 is 17.7 Å². The number of hydrogen-bond donors (Lipinski definition) is 1. The van der Waals surface area contributed by atoms with Crippen LogP contribution in [-0.2, 0) is 11.2 Å². The van der Waals surface area contributed by atoms with Gasteiger partial charge in [0.15, 0.2) is 0 Å². The third-order valence-corrected chi connectivity index (χ3v) is 4.84. The zero-order valence-electron chi connectivity index (χ0n) is 17.3. The summed E-state index contributed by atoms with van der Waals surface area (Å²) in [5.41, 5.74) is 2.76. The summed E-state index contributed by atoms with van der Waals surface area (Å²) < 4.78 is 18.6. The topological polar surface area (TPSA) is 58.6 Å². The molecule has 0 spiro atoms. The Bertz CT molecular complexity index is 903. The van der Waals surface area contributed by atoms with E-state index in [1.807, 2.05) is 45.9 Å². The number of carbonyl (C=O) groups excluding carboxylic acids is 2. The second-order valence-corrected chi connectivity index (χ2v) is 8.21. The molecule has 154 valence electrons. The minimum Gasteiger partial charge on any atom is -0.443 e. The van der Waals surface area contributed by atoms with Gasteiger partial charge in [-0.2, -0.15) is 0 Å². The Morgan fingerprint density at radius 2 is 1.86 bits per heavy atom. The van der Waals surface area contributed by atoms with Crippen molar-refractivity contribution in [1.29, 1.82) is 0 Å². The Hall–Kier alpha value is -2.89. The maximum Gasteiger partial charge on any atom is 0.414 e. The first-order valence-corrected chi connectivity index (χ1v) is 9.87. The molecule has 5 nitrogen and oxygen atoms in total. The summed E-state index contributed by atoms with van der Waals surface area (Å²) in [5.74, 6) is -0.616. The number of rotatable bonds is 4. The third kappa shape index (κ3) is 4.94. The lowest BCUT2D eigenvalue weighted by molar-refractivity contribution is 0.0583. The fourth-order valence-corrected chi connectivity index (χ4v) is 3.41. The molecule has 0 bridgehead atoms. The first-order valence-electron chi connectivity index (χ1n) is 9.87. The zero-order valence-corrected chi connectivity index (χ0v) is 17.3. The van der Waals surface area contributed by atoms with Crippen LogP contribution in [0.15, 0.2) is 42.5 Å². The van der Waals surface area contributed by atoms with Gasteiger partial charge in [-0.15, -0.1) is 0 Å². The molecule has 1 heterocycles. The SMILES string of the molecule is CCC(NC(=O)c1ccc(F)cc1)c1ccc2c(c1)CCN2C(=O)OC(C)(C)C. The van der Waals surface area contributed by atoms with Crippen molar-refractivity contribution in [3.05, 3.63) is 65.0 Å². The molecule has 0 aromatic heterocycles. The van der Waals surface area contributed by atoms with E-state index in [1.54, 1.807) is 4.90 Å². The van der Waals surface area contributed by atoms with Crippen molar-refractivity contribution < 1.29 is 18.7 Å². The number of nitrogens with one attached hydrogen (secondary N) is 1. The molecule has 0 saturated carbocycles. The predicted molar refractivity (Wildman–Crippen MR) is 111 cm³/mol. The number of nitrogens with zero attached hydrogens (tertiary/aromatic N) is 1. The van der Waals surface area contributed by atoms with Crippen LogP contribution in [-0.4, -0.2) is 24.1 Å². The largest absolute Gasteiger partial charge is 0.443 e. The quantitative estimate of drug-likeness (QED) is 0.788. The molecule has 2 aromatic carbocycles. The van der Waals surface area contributed by atoms with E-state index in [-0.39, 0.29) is 23.9 Å². The molecule has 1 aliphatic heterocycles. The van der Waals surface area contributed by atoms with E-state index in [1.165, 1.54) is 24.3 Å². The van der Waals surface area contributed by atoms with Gasteiger partial charge in [0.05, 0.1) is 11.7 Å². The number of halogens is 1. The molecule has 1 atom stereocenters. The predicted octanol–water partition coefficient (Wildman–Crippen LogP) is 5.00. The highest BCUT2D eigenvalue weighted by Crippen LogP contribution is 2.32. The smallest absolute Gasteiger partial charge is 0.414 e. The summed E-state index contributed by atoms with van der Waals surface area (Å²) in [7, 11) is 0. The van der Waals surface area contributed by atoms with Gasteiger partial charge in [0.25, 0.3) is 5.91 Å². The van der Waals surface area contributed by atoms with E-state index >= 15 is 0 Å². The van der Waals surface area contributed by atoms with Crippen molar-refractivity contribution in [2.24, 2.45) is 0 Å². The summed E-state index contributed by atoms with van der Waals surface area (Å²) in [5, 5.41) is 3.01. The van der Waals surface area contributed by atoms with Crippen LogP contribution in [0.25, 0.3) is 0 Å². The van der Waals surface area contributed by atoms with Crippen LogP contribution in [0.3, 0.4) is 0 Å². The summed E-state index contributed by atoms with van der Waals surface area (Å²) in [6.45, 7) is 8.12. The molecule has 2 aromatic rings. The molecule has 0 saturated heterocycles. The summed E-state index contributed by atoms with van der Waals surface area (Å²) in [4.78, 5) is 26.6. The molecular formula is C23H27FN2O3. The van der Waals surface area contributed by atoms with Crippen molar-refractivity contribution in [3.63, 3.8) is 0 Å². The average Bonchev–Trinajstić information content (AvgIpc) is 3.08. The lowest BCUT2D eigenvalue weighted by Gasteiger charge is -2.25. The normalized spacial score (nSPS) is 14.3. The molecule has 1 N–H and O–H groups in total. The Kier molecular flexibility index (Phi) is 5.91. The number of carbonyl (C=O) groups is 2. The van der Waals surface area contributed by atoms with Gasteiger partial charge in [-0.1, -0.05) is 19.1 Å². The van der Waals surface area contributed by atoms with Gasteiger partial charge >= 0.3 is 6.09 Å². The van der Waals surface area contributed by atoms with Crippen LogP contribution in [0, 0.1) is 5.82 Å². The van der Waals surface area contributed by atoms with Crippen molar-refractivity contribution in [1.82, 2.24) is 5.32 Å². The van der Waals surface area contributed by atoms with Crippen LogP contribution in [0.4, 0.5) is 14.9 Å². The Morgan fingerprint density at radius 3 is 2.48 bits per heavy atom. The molecule has 6 heteroatoms. The fraction of sp³-hybridized carbons (Fsp3) is 0.391. The van der Waals surface area contributed by atoms with Gasteiger partial charge in [-0.05, 0) is 75.1 Å². The lowest BCUT2D eigenvalue weighted by Crippen LogP contribution is -2.35. The van der Waals surface area contributed by atoms with Gasteiger partial charge in [0.2, 0.25) is 0 Å². The second kappa shape index (κ2) is 8.23. The minimum atomic E-state index is -0.544. The standard InChI is InChI=1S/C23H27FN2O3/c1-5-19(25-21(27)15-6-9-18(24)10-7-15)16-8-11-20-17(14-16)12-13-26(20)22(28)29-23(2,3)4/h6-11,14,19H,5,12-13H2,1-4H3,(H,25,27). The zero-order chi connectivity index (χ0) is 21.2. The van der Waals surface area contributed by atoms with Crippen LogP contribution in [0.5, 0.6) is 0 Å². The molecule has 2 amide bonds.